The molecule has 4 N–H and O–H groups in total. The van der Waals surface area contributed by atoms with Gasteiger partial charge in [0.15, 0.2) is 0 Å². The van der Waals surface area contributed by atoms with Gasteiger partial charge in [0.05, 0.1) is 5.56 Å². The maximum absolute atomic E-state index is 9.62. The fourth-order valence-corrected chi connectivity index (χ4v) is 2.42. The lowest BCUT2D eigenvalue weighted by Gasteiger charge is -2.12. The first-order valence-electron chi connectivity index (χ1n) is 6.87. The van der Waals surface area contributed by atoms with Crippen molar-refractivity contribution < 1.29 is 10.2 Å². The molecule has 0 aliphatic heterocycles. The van der Waals surface area contributed by atoms with Gasteiger partial charge in [0.1, 0.15) is 23.4 Å². The number of aromatic nitrogens is 1. The number of benzene rings is 2. The maximum atomic E-state index is 9.62. The van der Waals surface area contributed by atoms with E-state index in [9.17, 15) is 15.5 Å². The Labute approximate surface area is 132 Å². The fourth-order valence-electron chi connectivity index (χ4n) is 2.42. The highest BCUT2D eigenvalue weighted by Crippen LogP contribution is 2.35. The number of phenolic OH excluding ortho intramolecular Hbond substituents is 2. The highest BCUT2D eigenvalue weighted by molar-refractivity contribution is 5.87. The van der Waals surface area contributed by atoms with Crippen molar-refractivity contribution in [1.29, 1.82) is 5.26 Å². The second kappa shape index (κ2) is 5.70. The van der Waals surface area contributed by atoms with Crippen molar-refractivity contribution in [3.05, 3.63) is 60.3 Å². The molecule has 5 heteroatoms. The van der Waals surface area contributed by atoms with Crippen LogP contribution in [0.25, 0.3) is 22.3 Å². The van der Waals surface area contributed by atoms with Crippen molar-refractivity contribution in [2.75, 3.05) is 5.73 Å². The third-order valence-electron chi connectivity index (χ3n) is 3.55. The molecule has 0 bridgehead atoms. The van der Waals surface area contributed by atoms with Crippen LogP contribution in [0.2, 0.25) is 0 Å². The van der Waals surface area contributed by atoms with E-state index in [1.165, 1.54) is 12.1 Å². The Morgan fingerprint density at radius 1 is 0.870 bits per heavy atom. The van der Waals surface area contributed by atoms with Gasteiger partial charge >= 0.3 is 0 Å². The average Bonchev–Trinajstić information content (AvgIpc) is 2.56. The second-order valence-corrected chi connectivity index (χ2v) is 5.01. The number of nitrogens with zero attached hydrogens (tertiary/aromatic N) is 2. The third kappa shape index (κ3) is 2.65. The Hall–Kier alpha value is -3.52. The van der Waals surface area contributed by atoms with Crippen LogP contribution in [-0.2, 0) is 0 Å². The van der Waals surface area contributed by atoms with Gasteiger partial charge in [-0.2, -0.15) is 5.26 Å². The van der Waals surface area contributed by atoms with Crippen molar-refractivity contribution in [1.82, 2.24) is 4.98 Å². The monoisotopic (exact) mass is 303 g/mol. The van der Waals surface area contributed by atoms with E-state index < -0.39 is 0 Å². The fraction of sp³-hybridized carbons (Fsp3) is 0. The summed E-state index contributed by atoms with van der Waals surface area (Å²) in [6.45, 7) is 0. The van der Waals surface area contributed by atoms with Gasteiger partial charge in [0.2, 0.25) is 0 Å². The molecule has 23 heavy (non-hydrogen) atoms. The van der Waals surface area contributed by atoms with Gasteiger partial charge in [-0.1, -0.05) is 24.3 Å². The Morgan fingerprint density at radius 3 is 1.91 bits per heavy atom. The molecule has 0 radical (unpaired) electrons. The number of hydrogen-bond acceptors (Lipinski definition) is 5. The predicted octanol–water partition coefficient (Wildman–Crippen LogP) is 3.28. The molecular weight excluding hydrogens is 290 g/mol. The summed E-state index contributed by atoms with van der Waals surface area (Å²) in [5, 5.41) is 28.5. The summed E-state index contributed by atoms with van der Waals surface area (Å²) in [7, 11) is 0. The van der Waals surface area contributed by atoms with Crippen molar-refractivity contribution in [2.24, 2.45) is 0 Å². The molecule has 0 aliphatic rings. The van der Waals surface area contributed by atoms with E-state index in [1.807, 2.05) is 0 Å². The summed E-state index contributed by atoms with van der Waals surface area (Å²) in [6, 6.07) is 15.1. The maximum Gasteiger partial charge on any atom is 0.132 e. The van der Waals surface area contributed by atoms with Crippen LogP contribution in [0.3, 0.4) is 0 Å². The zero-order chi connectivity index (χ0) is 16.4. The van der Waals surface area contributed by atoms with Crippen molar-refractivity contribution in [2.45, 2.75) is 0 Å². The van der Waals surface area contributed by atoms with Crippen LogP contribution in [0.15, 0.2) is 54.7 Å². The van der Waals surface area contributed by atoms with Crippen LogP contribution >= 0.6 is 0 Å². The van der Waals surface area contributed by atoms with E-state index in [0.29, 0.717) is 22.3 Å². The molecule has 5 nitrogen and oxygen atoms in total. The third-order valence-corrected chi connectivity index (χ3v) is 3.55. The van der Waals surface area contributed by atoms with Crippen molar-refractivity contribution in [3.63, 3.8) is 0 Å². The van der Waals surface area contributed by atoms with E-state index in [1.54, 1.807) is 42.6 Å². The first-order valence-corrected chi connectivity index (χ1v) is 6.87. The summed E-state index contributed by atoms with van der Waals surface area (Å²) in [5.74, 6) is 0.526. The molecule has 2 aromatic carbocycles. The molecular formula is C18H13N3O2. The number of hydrogen-bond donors (Lipinski definition) is 3. The summed E-state index contributed by atoms with van der Waals surface area (Å²) in [6.07, 6.45) is 1.55. The van der Waals surface area contributed by atoms with Crippen LogP contribution in [0.5, 0.6) is 11.5 Å². The van der Waals surface area contributed by atoms with Gasteiger partial charge < -0.3 is 15.9 Å². The quantitative estimate of drug-likeness (QED) is 0.674. The Kier molecular flexibility index (Phi) is 3.57. The zero-order valence-electron chi connectivity index (χ0n) is 12.1. The summed E-state index contributed by atoms with van der Waals surface area (Å²) in [4.78, 5) is 4.19. The molecule has 0 saturated heterocycles. The minimum atomic E-state index is 0.133. The van der Waals surface area contributed by atoms with Crippen molar-refractivity contribution >= 4 is 5.82 Å². The normalized spacial score (nSPS) is 10.2. The summed E-state index contributed by atoms with van der Waals surface area (Å²) in [5.41, 5.74) is 8.98. The number of nitriles is 1. The zero-order valence-corrected chi connectivity index (χ0v) is 12.1. The van der Waals surface area contributed by atoms with E-state index >= 15 is 0 Å². The van der Waals surface area contributed by atoms with Crippen LogP contribution in [-0.4, -0.2) is 15.2 Å². The predicted molar refractivity (Wildman–Crippen MR) is 87.6 cm³/mol. The molecule has 0 atom stereocenters. The lowest BCUT2D eigenvalue weighted by atomic mass is 9.94. The molecule has 0 saturated carbocycles. The molecule has 0 spiro atoms. The summed E-state index contributed by atoms with van der Waals surface area (Å²) >= 11 is 0. The number of anilines is 1. The van der Waals surface area contributed by atoms with E-state index in [2.05, 4.69) is 11.1 Å². The molecule has 1 heterocycles. The Balaban J connectivity index is 2.24. The summed E-state index contributed by atoms with van der Waals surface area (Å²) < 4.78 is 0. The number of phenols is 2. The molecule has 3 rings (SSSR count). The van der Waals surface area contributed by atoms with Gasteiger partial charge in [0.25, 0.3) is 0 Å². The Bertz CT molecular complexity index is 895. The highest BCUT2D eigenvalue weighted by Gasteiger charge is 2.16. The number of nitrogens with two attached hydrogens (primary N) is 1. The standard InChI is InChI=1S/C18H13N3O2/c19-9-15-16(11-1-5-13(22)6-2-11)10-21-18(20)17(15)12-3-7-14(23)8-4-12/h1-8,10,22-23H,(H2,20,21). The minimum absolute atomic E-state index is 0.133. The Morgan fingerprint density at radius 2 is 1.39 bits per heavy atom. The van der Waals surface area contributed by atoms with Crippen molar-refractivity contribution in [3.8, 4) is 39.8 Å². The van der Waals surface area contributed by atoms with Gasteiger partial charge in [-0.05, 0) is 35.4 Å². The first kappa shape index (κ1) is 14.4. The van der Waals surface area contributed by atoms with Gasteiger partial charge in [-0.3, -0.25) is 0 Å². The topological polar surface area (TPSA) is 103 Å². The van der Waals surface area contributed by atoms with E-state index in [4.69, 9.17) is 5.73 Å². The van der Waals surface area contributed by atoms with Crippen LogP contribution < -0.4 is 5.73 Å². The smallest absolute Gasteiger partial charge is 0.132 e. The lowest BCUT2D eigenvalue weighted by Crippen LogP contribution is -1.99. The lowest BCUT2D eigenvalue weighted by molar-refractivity contribution is 0.475. The molecule has 0 unspecified atom stereocenters. The molecule has 0 fully saturated rings. The number of nitrogen functional groups attached to an aromatic ring is 1. The average molecular weight is 303 g/mol. The van der Waals surface area contributed by atoms with Gasteiger partial charge in [-0.25, -0.2) is 4.98 Å². The van der Waals surface area contributed by atoms with Crippen LogP contribution in [0.4, 0.5) is 5.82 Å². The number of pyridine rings is 1. The second-order valence-electron chi connectivity index (χ2n) is 5.01. The van der Waals surface area contributed by atoms with Gasteiger partial charge in [0, 0.05) is 17.3 Å². The highest BCUT2D eigenvalue weighted by atomic mass is 16.3. The molecule has 1 aromatic heterocycles. The first-order chi connectivity index (χ1) is 11.1. The van der Waals surface area contributed by atoms with E-state index in [-0.39, 0.29) is 17.3 Å². The molecule has 0 aliphatic carbocycles. The SMILES string of the molecule is N#Cc1c(-c2ccc(O)cc2)cnc(N)c1-c1ccc(O)cc1. The number of aromatic hydroxyl groups is 2. The minimum Gasteiger partial charge on any atom is -0.508 e. The van der Waals surface area contributed by atoms with Gasteiger partial charge in [-0.15, -0.1) is 0 Å². The number of rotatable bonds is 2. The van der Waals surface area contributed by atoms with Crippen LogP contribution in [0.1, 0.15) is 5.56 Å². The van der Waals surface area contributed by atoms with Crippen LogP contribution in [0, 0.1) is 11.3 Å². The van der Waals surface area contributed by atoms with E-state index in [0.717, 1.165) is 5.56 Å². The molecule has 3 aromatic rings. The molecule has 0 amide bonds. The largest absolute Gasteiger partial charge is 0.508 e. The molecule has 112 valence electrons.